The third-order valence-corrected chi connectivity index (χ3v) is 2.82. The number of esters is 1. The number of carbonyl (C=O) groups is 1. The zero-order valence-electron chi connectivity index (χ0n) is 9.61. The van der Waals surface area contributed by atoms with Crippen LogP contribution in [-0.4, -0.2) is 23.7 Å². The molecule has 0 atom stereocenters. The third-order valence-electron chi connectivity index (χ3n) is 2.11. The Morgan fingerprint density at radius 1 is 1.53 bits per heavy atom. The van der Waals surface area contributed by atoms with Crippen LogP contribution in [0.5, 0.6) is 0 Å². The monoisotopic (exact) mass is 291 g/mol. The van der Waals surface area contributed by atoms with Gasteiger partial charge in [0.2, 0.25) is 0 Å². The van der Waals surface area contributed by atoms with Crippen LogP contribution in [0.1, 0.15) is 21.5 Å². The molecule has 0 radical (unpaired) electrons. The summed E-state index contributed by atoms with van der Waals surface area (Å²) in [4.78, 5) is 11.1. The number of methoxy groups -OCH3 is 1. The number of nitriles is 1. The molecule has 1 aromatic carbocycles. The first-order valence-corrected chi connectivity index (χ1v) is 5.66. The van der Waals surface area contributed by atoms with Gasteiger partial charge < -0.3 is 9.84 Å². The van der Waals surface area contributed by atoms with E-state index >= 15 is 0 Å². The van der Waals surface area contributed by atoms with Crippen molar-refractivity contribution in [1.82, 2.24) is 0 Å². The molecule has 0 aliphatic heterocycles. The minimum Gasteiger partial charge on any atom is -0.465 e. The van der Waals surface area contributed by atoms with Crippen LogP contribution in [0.4, 0.5) is 13.2 Å². The first-order valence-electron chi connectivity index (χ1n) is 4.84. The van der Waals surface area contributed by atoms with E-state index in [1.165, 1.54) is 0 Å². The lowest BCUT2D eigenvalue weighted by Crippen LogP contribution is -2.08. The Balaban J connectivity index is 3.39. The normalized spacial score (nSPS) is 10.9. The molecule has 0 fully saturated rings. The largest absolute Gasteiger partial charge is 0.465 e. The molecule has 0 spiro atoms. The number of benzene rings is 1. The summed E-state index contributed by atoms with van der Waals surface area (Å²) in [6.45, 7) is -0.654. The van der Waals surface area contributed by atoms with E-state index in [1.54, 1.807) is 6.07 Å². The summed E-state index contributed by atoms with van der Waals surface area (Å²) in [5.74, 6) is -0.934. The van der Waals surface area contributed by atoms with Gasteiger partial charge in [0.25, 0.3) is 0 Å². The van der Waals surface area contributed by atoms with Crippen molar-refractivity contribution in [3.8, 4) is 6.07 Å². The van der Waals surface area contributed by atoms with Gasteiger partial charge in [-0.25, -0.2) is 4.79 Å². The molecule has 4 nitrogen and oxygen atoms in total. The molecule has 0 aromatic heterocycles. The number of alkyl halides is 3. The Morgan fingerprint density at radius 3 is 2.58 bits per heavy atom. The van der Waals surface area contributed by atoms with Crippen LogP contribution in [0.2, 0.25) is 0 Å². The smallest absolute Gasteiger partial charge is 0.446 e. The number of ether oxygens (including phenoxy) is 1. The molecular weight excluding hydrogens is 283 g/mol. The SMILES string of the molecule is COC(=O)c1cc(SC(F)(F)F)cc(CO)c1C#N. The van der Waals surface area contributed by atoms with Crippen LogP contribution in [-0.2, 0) is 11.3 Å². The van der Waals surface area contributed by atoms with E-state index in [0.717, 1.165) is 19.2 Å². The lowest BCUT2D eigenvalue weighted by Gasteiger charge is -2.11. The van der Waals surface area contributed by atoms with E-state index in [9.17, 15) is 18.0 Å². The minimum absolute atomic E-state index is 0.0582. The maximum Gasteiger partial charge on any atom is 0.446 e. The third kappa shape index (κ3) is 3.87. The van der Waals surface area contributed by atoms with Crippen LogP contribution < -0.4 is 0 Å². The number of hydrogen-bond donors (Lipinski definition) is 1. The molecule has 0 amide bonds. The van der Waals surface area contributed by atoms with Gasteiger partial charge in [-0.1, -0.05) is 0 Å². The lowest BCUT2D eigenvalue weighted by atomic mass is 10.0. The summed E-state index contributed by atoms with van der Waals surface area (Å²) >= 11 is -0.437. The number of thioether (sulfide) groups is 1. The number of rotatable bonds is 3. The van der Waals surface area contributed by atoms with Gasteiger partial charge in [0.1, 0.15) is 6.07 Å². The highest BCUT2D eigenvalue weighted by atomic mass is 32.2. The summed E-state index contributed by atoms with van der Waals surface area (Å²) in [5.41, 5.74) is -5.09. The van der Waals surface area contributed by atoms with Gasteiger partial charge in [0, 0.05) is 4.90 Å². The topological polar surface area (TPSA) is 70.3 Å². The fourth-order valence-electron chi connectivity index (χ4n) is 1.39. The average Bonchev–Trinajstić information content (AvgIpc) is 2.34. The zero-order valence-corrected chi connectivity index (χ0v) is 10.4. The Labute approximate surface area is 110 Å². The van der Waals surface area contributed by atoms with Crippen LogP contribution in [0.3, 0.4) is 0 Å². The Morgan fingerprint density at radius 2 is 2.16 bits per heavy atom. The number of carbonyl (C=O) groups excluding carboxylic acids is 1. The highest BCUT2D eigenvalue weighted by Crippen LogP contribution is 2.38. The van der Waals surface area contributed by atoms with Gasteiger partial charge in [0.15, 0.2) is 0 Å². The number of nitrogens with zero attached hydrogens (tertiary/aromatic N) is 1. The molecule has 102 valence electrons. The van der Waals surface area contributed by atoms with Crippen molar-refractivity contribution < 1.29 is 27.8 Å². The van der Waals surface area contributed by atoms with E-state index in [0.29, 0.717) is 0 Å². The molecule has 0 aliphatic rings. The Hall–Kier alpha value is -1.72. The zero-order chi connectivity index (χ0) is 14.6. The van der Waals surface area contributed by atoms with Gasteiger partial charge in [-0.15, -0.1) is 0 Å². The van der Waals surface area contributed by atoms with Crippen molar-refractivity contribution in [2.75, 3.05) is 7.11 Å². The van der Waals surface area contributed by atoms with E-state index in [4.69, 9.17) is 10.4 Å². The summed E-state index contributed by atoms with van der Waals surface area (Å²) in [5, 5.41) is 18.0. The molecule has 8 heteroatoms. The van der Waals surface area contributed by atoms with E-state index in [2.05, 4.69) is 4.74 Å². The second kappa shape index (κ2) is 5.95. The number of hydrogen-bond acceptors (Lipinski definition) is 5. The molecule has 0 unspecified atom stereocenters. The van der Waals surface area contributed by atoms with Crippen molar-refractivity contribution >= 4 is 17.7 Å². The predicted octanol–water partition coefficient (Wildman–Crippen LogP) is 2.45. The number of aliphatic hydroxyl groups is 1. The molecular formula is C11H8F3NO3S. The maximum atomic E-state index is 12.3. The summed E-state index contributed by atoms with van der Waals surface area (Å²) < 4.78 is 41.3. The fourth-order valence-corrected chi connectivity index (χ4v) is 2.04. The fraction of sp³-hybridized carbons (Fsp3) is 0.273. The van der Waals surface area contributed by atoms with Gasteiger partial charge in [-0.2, -0.15) is 18.4 Å². The van der Waals surface area contributed by atoms with Crippen molar-refractivity contribution in [2.45, 2.75) is 17.0 Å². The summed E-state index contributed by atoms with van der Waals surface area (Å²) in [7, 11) is 1.05. The molecule has 1 aromatic rings. The molecule has 0 saturated carbocycles. The molecule has 0 bridgehead atoms. The number of aliphatic hydroxyl groups excluding tert-OH is 1. The highest BCUT2D eigenvalue weighted by Gasteiger charge is 2.30. The van der Waals surface area contributed by atoms with Gasteiger partial charge in [-0.3, -0.25) is 0 Å². The molecule has 0 aliphatic carbocycles. The average molecular weight is 291 g/mol. The van der Waals surface area contributed by atoms with Crippen LogP contribution in [0.25, 0.3) is 0 Å². The van der Waals surface area contributed by atoms with Crippen molar-refractivity contribution in [1.29, 1.82) is 5.26 Å². The summed E-state index contributed by atoms with van der Waals surface area (Å²) in [6, 6.07) is 3.60. The second-order valence-electron chi connectivity index (χ2n) is 3.31. The minimum atomic E-state index is -4.53. The van der Waals surface area contributed by atoms with Crippen molar-refractivity contribution in [3.05, 3.63) is 28.8 Å². The molecule has 1 N–H and O–H groups in total. The summed E-state index contributed by atoms with van der Waals surface area (Å²) in [6.07, 6.45) is 0. The molecule has 1 rings (SSSR count). The van der Waals surface area contributed by atoms with E-state index in [-0.39, 0.29) is 21.6 Å². The van der Waals surface area contributed by atoms with Crippen LogP contribution in [0, 0.1) is 11.3 Å². The quantitative estimate of drug-likeness (QED) is 0.684. The highest BCUT2D eigenvalue weighted by molar-refractivity contribution is 8.00. The molecule has 19 heavy (non-hydrogen) atoms. The van der Waals surface area contributed by atoms with Crippen LogP contribution >= 0.6 is 11.8 Å². The van der Waals surface area contributed by atoms with E-state index < -0.39 is 29.8 Å². The van der Waals surface area contributed by atoms with Gasteiger partial charge in [0.05, 0.1) is 24.8 Å². The predicted molar refractivity (Wildman–Crippen MR) is 60.3 cm³/mol. The second-order valence-corrected chi connectivity index (χ2v) is 4.45. The first-order chi connectivity index (χ1) is 8.82. The Bertz CT molecular complexity index is 537. The molecule has 0 saturated heterocycles. The lowest BCUT2D eigenvalue weighted by molar-refractivity contribution is -0.0328. The van der Waals surface area contributed by atoms with E-state index in [1.807, 2.05) is 0 Å². The van der Waals surface area contributed by atoms with Gasteiger partial charge >= 0.3 is 11.5 Å². The van der Waals surface area contributed by atoms with Gasteiger partial charge in [-0.05, 0) is 29.5 Å². The first kappa shape index (κ1) is 15.3. The van der Waals surface area contributed by atoms with Crippen LogP contribution in [0.15, 0.2) is 17.0 Å². The maximum absolute atomic E-state index is 12.3. The number of halogens is 3. The van der Waals surface area contributed by atoms with Crippen molar-refractivity contribution in [3.63, 3.8) is 0 Å². The molecule has 0 heterocycles. The van der Waals surface area contributed by atoms with Crippen molar-refractivity contribution in [2.24, 2.45) is 0 Å². The Kier molecular flexibility index (Phi) is 4.80. The standard InChI is InChI=1S/C11H8F3NO3S/c1-18-10(17)8-3-7(19-11(12,13)14)2-6(5-16)9(8)4-15/h2-3,16H,5H2,1H3.